The highest BCUT2D eigenvalue weighted by Crippen LogP contribution is 2.39. The highest BCUT2D eigenvalue weighted by Gasteiger charge is 2.36. The van der Waals surface area contributed by atoms with Crippen LogP contribution in [-0.4, -0.2) is 24.4 Å². The van der Waals surface area contributed by atoms with E-state index in [9.17, 15) is 9.59 Å². The zero-order valence-corrected chi connectivity index (χ0v) is 19.8. The van der Waals surface area contributed by atoms with Crippen LogP contribution < -0.4 is 14.4 Å². The number of carbonyl (C=O) groups is 2. The Kier molecular flexibility index (Phi) is 7.13. The van der Waals surface area contributed by atoms with Crippen LogP contribution >= 0.6 is 46.0 Å². The van der Waals surface area contributed by atoms with E-state index in [2.05, 4.69) is 29.5 Å². The van der Waals surface area contributed by atoms with Gasteiger partial charge in [-0.2, -0.15) is 0 Å². The van der Waals surface area contributed by atoms with Crippen molar-refractivity contribution < 1.29 is 19.1 Å². The smallest absolute Gasteiger partial charge is 0.298 e. The maximum absolute atomic E-state index is 12.8. The van der Waals surface area contributed by atoms with Crippen molar-refractivity contribution in [1.29, 1.82) is 0 Å². The minimum Gasteiger partial charge on any atom is -0.493 e. The maximum Gasteiger partial charge on any atom is 0.298 e. The number of carbonyl (C=O) groups excluding carboxylic acids is 2. The maximum atomic E-state index is 12.8. The number of thioether (sulfide) groups is 1. The fraction of sp³-hybridized carbons (Fsp3) is 0.238. The van der Waals surface area contributed by atoms with Gasteiger partial charge in [0.15, 0.2) is 11.5 Å². The number of benzene rings is 2. The molecule has 0 radical (unpaired) electrons. The lowest BCUT2D eigenvalue weighted by molar-refractivity contribution is -0.113. The second-order valence-corrected chi connectivity index (χ2v) is 8.96. The Labute approximate surface area is 192 Å². The van der Waals surface area contributed by atoms with Crippen molar-refractivity contribution in [3.05, 3.63) is 55.5 Å². The average molecular weight is 544 g/mol. The Morgan fingerprint density at radius 1 is 1.28 bits per heavy atom. The van der Waals surface area contributed by atoms with E-state index in [1.165, 1.54) is 0 Å². The Morgan fingerprint density at radius 3 is 2.69 bits per heavy atom. The summed E-state index contributed by atoms with van der Waals surface area (Å²) in [5.41, 5.74) is 1.20. The predicted octanol–water partition coefficient (Wildman–Crippen LogP) is 6.37. The topological polar surface area (TPSA) is 55.8 Å². The zero-order chi connectivity index (χ0) is 21.1. The summed E-state index contributed by atoms with van der Waals surface area (Å²) in [7, 11) is 1.58. The number of nitrogens with zero attached hydrogens (tertiary/aromatic N) is 1. The van der Waals surface area contributed by atoms with E-state index in [-0.39, 0.29) is 17.3 Å². The van der Waals surface area contributed by atoms with Crippen molar-refractivity contribution in [2.75, 3.05) is 12.0 Å². The van der Waals surface area contributed by atoms with Crippen LogP contribution in [0.25, 0.3) is 6.08 Å². The lowest BCUT2D eigenvalue weighted by Gasteiger charge is -2.17. The van der Waals surface area contributed by atoms with E-state index < -0.39 is 0 Å². The van der Waals surface area contributed by atoms with Crippen molar-refractivity contribution in [2.45, 2.75) is 26.4 Å². The summed E-state index contributed by atoms with van der Waals surface area (Å²) in [6.07, 6.45) is 2.61. The number of anilines is 1. The van der Waals surface area contributed by atoms with Gasteiger partial charge in [-0.05, 0) is 89.7 Å². The highest BCUT2D eigenvalue weighted by molar-refractivity contribution is 14.1. The van der Waals surface area contributed by atoms with E-state index in [0.29, 0.717) is 27.1 Å². The van der Waals surface area contributed by atoms with E-state index in [1.807, 2.05) is 13.0 Å². The molecular weight excluding hydrogens is 525 g/mol. The summed E-state index contributed by atoms with van der Waals surface area (Å²) in [6, 6.07) is 10.4. The second kappa shape index (κ2) is 9.40. The number of hydrogen-bond donors (Lipinski definition) is 0. The Bertz CT molecular complexity index is 995. The van der Waals surface area contributed by atoms with Crippen molar-refractivity contribution >= 4 is 68.9 Å². The standard InChI is InChI=1S/C21H19ClINO4S/c1-4-12(2)28-19-16(23)8-13(9-17(19)27-3)10-18-20(25)24(21(26)29-18)15-7-5-6-14(22)11-15/h5-12H,4H2,1-3H3/b18-10+/t12-/m1/s1. The van der Waals surface area contributed by atoms with Crippen molar-refractivity contribution in [3.8, 4) is 11.5 Å². The number of rotatable bonds is 6. The van der Waals surface area contributed by atoms with Crippen LogP contribution in [-0.2, 0) is 4.79 Å². The van der Waals surface area contributed by atoms with Gasteiger partial charge in [-0.1, -0.05) is 24.6 Å². The van der Waals surface area contributed by atoms with Gasteiger partial charge in [-0.3, -0.25) is 9.59 Å². The molecule has 2 aromatic rings. The van der Waals surface area contributed by atoms with Gasteiger partial charge < -0.3 is 9.47 Å². The first-order chi connectivity index (χ1) is 13.8. The molecule has 152 valence electrons. The van der Waals surface area contributed by atoms with Gasteiger partial charge in [-0.25, -0.2) is 4.90 Å². The molecule has 1 fully saturated rings. The van der Waals surface area contributed by atoms with Crippen molar-refractivity contribution in [3.63, 3.8) is 0 Å². The number of halogens is 2. The SMILES string of the molecule is CC[C@@H](C)Oc1c(I)cc(/C=C2/SC(=O)N(c3cccc(Cl)c3)C2=O)cc1OC. The zero-order valence-electron chi connectivity index (χ0n) is 16.1. The molecule has 29 heavy (non-hydrogen) atoms. The van der Waals surface area contributed by atoms with Gasteiger partial charge in [0, 0.05) is 5.02 Å². The summed E-state index contributed by atoms with van der Waals surface area (Å²) in [5.74, 6) is 0.875. The molecule has 1 saturated heterocycles. The van der Waals surface area contributed by atoms with Crippen LogP contribution in [0, 0.1) is 3.57 Å². The third-order valence-electron chi connectivity index (χ3n) is 4.30. The van der Waals surface area contributed by atoms with Crippen LogP contribution in [0.4, 0.5) is 10.5 Å². The van der Waals surface area contributed by atoms with E-state index in [0.717, 1.165) is 32.2 Å². The first-order valence-corrected chi connectivity index (χ1v) is 11.2. The van der Waals surface area contributed by atoms with Gasteiger partial charge in [0.2, 0.25) is 0 Å². The molecule has 1 heterocycles. The number of amides is 2. The number of methoxy groups -OCH3 is 1. The molecule has 2 amide bonds. The molecular formula is C21H19ClINO4S. The van der Waals surface area contributed by atoms with Crippen LogP contribution in [0.2, 0.25) is 5.02 Å². The van der Waals surface area contributed by atoms with Gasteiger partial charge in [0.1, 0.15) is 0 Å². The number of imide groups is 1. The van der Waals surface area contributed by atoms with E-state index in [1.54, 1.807) is 43.5 Å². The molecule has 0 aliphatic carbocycles. The lowest BCUT2D eigenvalue weighted by atomic mass is 10.1. The van der Waals surface area contributed by atoms with Crippen molar-refractivity contribution in [1.82, 2.24) is 0 Å². The molecule has 0 aromatic heterocycles. The molecule has 1 aliphatic heterocycles. The molecule has 1 atom stereocenters. The summed E-state index contributed by atoms with van der Waals surface area (Å²) in [6.45, 7) is 4.05. The molecule has 0 bridgehead atoms. The highest BCUT2D eigenvalue weighted by atomic mass is 127. The second-order valence-electron chi connectivity index (χ2n) is 6.37. The molecule has 3 rings (SSSR count). The van der Waals surface area contributed by atoms with Gasteiger partial charge in [0.25, 0.3) is 11.1 Å². The third kappa shape index (κ3) is 4.90. The van der Waals surface area contributed by atoms with Gasteiger partial charge in [0.05, 0.1) is 27.4 Å². The third-order valence-corrected chi connectivity index (χ3v) is 6.21. The Hall–Kier alpha value is -1.71. The first-order valence-electron chi connectivity index (χ1n) is 8.91. The minimum atomic E-state index is -0.379. The number of ether oxygens (including phenoxy) is 2. The van der Waals surface area contributed by atoms with E-state index >= 15 is 0 Å². The monoisotopic (exact) mass is 543 g/mol. The summed E-state index contributed by atoms with van der Waals surface area (Å²) < 4.78 is 12.3. The Balaban J connectivity index is 1.93. The summed E-state index contributed by atoms with van der Waals surface area (Å²) in [4.78, 5) is 26.7. The van der Waals surface area contributed by atoms with Crippen LogP contribution in [0.15, 0.2) is 41.3 Å². The molecule has 0 saturated carbocycles. The molecule has 2 aromatic carbocycles. The van der Waals surface area contributed by atoms with E-state index in [4.69, 9.17) is 21.1 Å². The molecule has 0 unspecified atom stereocenters. The van der Waals surface area contributed by atoms with Gasteiger partial charge >= 0.3 is 0 Å². The fourth-order valence-corrected chi connectivity index (χ4v) is 4.46. The van der Waals surface area contributed by atoms with Gasteiger partial charge in [-0.15, -0.1) is 0 Å². The molecule has 1 aliphatic rings. The quantitative estimate of drug-likeness (QED) is 0.313. The lowest BCUT2D eigenvalue weighted by Crippen LogP contribution is -2.27. The number of hydrogen-bond acceptors (Lipinski definition) is 5. The largest absolute Gasteiger partial charge is 0.493 e. The fourth-order valence-electron chi connectivity index (χ4n) is 2.68. The predicted molar refractivity (Wildman–Crippen MR) is 126 cm³/mol. The molecule has 8 heteroatoms. The molecule has 0 N–H and O–H groups in total. The summed E-state index contributed by atoms with van der Waals surface area (Å²) in [5, 5.41) is 0.101. The van der Waals surface area contributed by atoms with Crippen LogP contribution in [0.3, 0.4) is 0 Å². The molecule has 0 spiro atoms. The molecule has 5 nitrogen and oxygen atoms in total. The van der Waals surface area contributed by atoms with Crippen LogP contribution in [0.5, 0.6) is 11.5 Å². The first kappa shape index (κ1) is 22.0. The minimum absolute atomic E-state index is 0.0532. The average Bonchev–Trinajstić information content (AvgIpc) is 2.96. The Morgan fingerprint density at radius 2 is 2.03 bits per heavy atom. The normalized spacial score (nSPS) is 16.4. The van der Waals surface area contributed by atoms with Crippen molar-refractivity contribution in [2.24, 2.45) is 0 Å². The summed E-state index contributed by atoms with van der Waals surface area (Å²) >= 11 is 9.08. The van der Waals surface area contributed by atoms with Crippen LogP contribution in [0.1, 0.15) is 25.8 Å².